The highest BCUT2D eigenvalue weighted by atomic mass is 16.5. The smallest absolute Gasteiger partial charge is 0.333 e. The molecule has 0 aromatic rings. The summed E-state index contributed by atoms with van der Waals surface area (Å²) in [6.07, 6.45) is 0. The van der Waals surface area contributed by atoms with Crippen molar-refractivity contribution in [3.05, 3.63) is 0 Å². The number of methoxy groups -OCH3 is 2. The molecule has 0 saturated heterocycles. The summed E-state index contributed by atoms with van der Waals surface area (Å²) < 4.78 is 9.04. The third-order valence-electron chi connectivity index (χ3n) is 1.91. The van der Waals surface area contributed by atoms with Gasteiger partial charge in [0.2, 0.25) is 0 Å². The van der Waals surface area contributed by atoms with Crippen molar-refractivity contribution >= 4 is 17.8 Å². The summed E-state index contributed by atoms with van der Waals surface area (Å²) >= 11 is 0. The lowest BCUT2D eigenvalue weighted by molar-refractivity contribution is -0.150. The van der Waals surface area contributed by atoms with Gasteiger partial charge < -0.3 is 14.8 Å². The normalized spacial score (nSPS) is 24.9. The summed E-state index contributed by atoms with van der Waals surface area (Å²) in [5.74, 6) is -0.554. The molecular weight excluding hydrogens is 188 g/mol. The highest BCUT2D eigenvalue weighted by molar-refractivity contribution is 5.97. The number of hydrogen-bond acceptors (Lipinski definition) is 6. The fraction of sp³-hybridized carbons (Fsp3) is 0.625. The van der Waals surface area contributed by atoms with Gasteiger partial charge in [-0.3, -0.25) is 4.99 Å². The fourth-order valence-corrected chi connectivity index (χ4v) is 1.25. The van der Waals surface area contributed by atoms with Crippen LogP contribution in [0.3, 0.4) is 0 Å². The van der Waals surface area contributed by atoms with E-state index >= 15 is 0 Å². The van der Waals surface area contributed by atoms with Crippen molar-refractivity contribution in [2.24, 2.45) is 4.99 Å². The summed E-state index contributed by atoms with van der Waals surface area (Å²) in [6, 6.07) is -1.61. The van der Waals surface area contributed by atoms with Crippen molar-refractivity contribution in [3.63, 3.8) is 0 Å². The Bertz CT molecular complexity index is 287. The predicted molar refractivity (Wildman–Crippen MR) is 47.9 cm³/mol. The molecular formula is C8H12N2O4. The molecule has 2 unspecified atom stereocenters. The molecule has 1 aliphatic heterocycles. The van der Waals surface area contributed by atoms with E-state index in [0.717, 1.165) is 0 Å². The Kier molecular flexibility index (Phi) is 3.06. The zero-order valence-electron chi connectivity index (χ0n) is 8.23. The molecule has 0 radical (unpaired) electrons. The first-order valence-electron chi connectivity index (χ1n) is 4.06. The van der Waals surface area contributed by atoms with E-state index in [2.05, 4.69) is 19.8 Å². The summed E-state index contributed by atoms with van der Waals surface area (Å²) in [5.41, 5.74) is 0. The van der Waals surface area contributed by atoms with Gasteiger partial charge in [-0.2, -0.15) is 0 Å². The van der Waals surface area contributed by atoms with Gasteiger partial charge in [0.05, 0.1) is 20.1 Å². The van der Waals surface area contributed by atoms with E-state index in [9.17, 15) is 9.59 Å². The monoisotopic (exact) mass is 200 g/mol. The number of esters is 2. The van der Waals surface area contributed by atoms with Gasteiger partial charge in [-0.15, -0.1) is 0 Å². The summed E-state index contributed by atoms with van der Waals surface area (Å²) in [7, 11) is 2.51. The second kappa shape index (κ2) is 4.08. The average molecular weight is 200 g/mol. The van der Waals surface area contributed by atoms with Crippen molar-refractivity contribution in [2.45, 2.75) is 19.0 Å². The standard InChI is InChI=1S/C8H12N2O4/c1-4-9-5(7(11)13-2)6(10-4)8(12)14-3/h5-6H,1-3H3,(H,9,10). The van der Waals surface area contributed by atoms with E-state index < -0.39 is 24.0 Å². The van der Waals surface area contributed by atoms with Crippen LogP contribution >= 0.6 is 0 Å². The Labute approximate surface area is 81.3 Å². The van der Waals surface area contributed by atoms with Gasteiger partial charge in [0.1, 0.15) is 0 Å². The maximum absolute atomic E-state index is 11.2. The molecule has 2 atom stereocenters. The number of ether oxygens (including phenoxy) is 2. The van der Waals surface area contributed by atoms with E-state index in [1.54, 1.807) is 6.92 Å². The third kappa shape index (κ3) is 1.84. The molecule has 0 spiro atoms. The summed E-state index contributed by atoms with van der Waals surface area (Å²) in [4.78, 5) is 26.4. The first kappa shape index (κ1) is 10.5. The van der Waals surface area contributed by atoms with E-state index in [0.29, 0.717) is 5.84 Å². The Hall–Kier alpha value is -1.59. The van der Waals surface area contributed by atoms with Gasteiger partial charge in [0.25, 0.3) is 0 Å². The maximum Gasteiger partial charge on any atom is 0.333 e. The molecule has 1 aliphatic rings. The van der Waals surface area contributed by atoms with E-state index in [1.165, 1.54) is 14.2 Å². The second-order valence-electron chi connectivity index (χ2n) is 2.83. The van der Waals surface area contributed by atoms with Crippen LogP contribution in [0.1, 0.15) is 6.92 Å². The minimum Gasteiger partial charge on any atom is -0.467 e. The second-order valence-corrected chi connectivity index (χ2v) is 2.83. The first-order valence-corrected chi connectivity index (χ1v) is 4.06. The molecule has 1 rings (SSSR count). The van der Waals surface area contributed by atoms with Crippen molar-refractivity contribution in [1.82, 2.24) is 5.32 Å². The third-order valence-corrected chi connectivity index (χ3v) is 1.91. The molecule has 14 heavy (non-hydrogen) atoms. The highest BCUT2D eigenvalue weighted by Gasteiger charge is 2.39. The van der Waals surface area contributed by atoms with Gasteiger partial charge in [-0.25, -0.2) is 9.59 Å². The summed E-state index contributed by atoms with van der Waals surface area (Å²) in [5, 5.41) is 2.74. The van der Waals surface area contributed by atoms with Crippen molar-refractivity contribution in [2.75, 3.05) is 14.2 Å². The molecule has 78 valence electrons. The van der Waals surface area contributed by atoms with E-state index in [4.69, 9.17) is 0 Å². The van der Waals surface area contributed by atoms with Gasteiger partial charge in [-0.1, -0.05) is 0 Å². The van der Waals surface area contributed by atoms with Crippen LogP contribution in [0.5, 0.6) is 0 Å². The molecule has 0 aliphatic carbocycles. The van der Waals surface area contributed by atoms with Crippen LogP contribution in [0.15, 0.2) is 4.99 Å². The SMILES string of the molecule is COC(=O)C1N=C(C)NC1C(=O)OC. The van der Waals surface area contributed by atoms with Gasteiger partial charge in [0.15, 0.2) is 12.1 Å². The van der Waals surface area contributed by atoms with Gasteiger partial charge in [-0.05, 0) is 6.92 Å². The average Bonchev–Trinajstić information content (AvgIpc) is 2.58. The molecule has 1 heterocycles. The molecule has 0 aromatic heterocycles. The molecule has 6 nitrogen and oxygen atoms in total. The largest absolute Gasteiger partial charge is 0.467 e. The lowest BCUT2D eigenvalue weighted by atomic mass is 10.1. The molecule has 0 saturated carbocycles. The number of rotatable bonds is 2. The van der Waals surface area contributed by atoms with E-state index in [1.807, 2.05) is 0 Å². The number of nitrogens with zero attached hydrogens (tertiary/aromatic N) is 1. The zero-order valence-corrected chi connectivity index (χ0v) is 8.23. The van der Waals surface area contributed by atoms with Crippen LogP contribution < -0.4 is 5.32 Å². The number of amidine groups is 1. The lowest BCUT2D eigenvalue weighted by Crippen LogP contribution is -2.45. The number of aliphatic imine (C=N–C) groups is 1. The molecule has 0 amide bonds. The van der Waals surface area contributed by atoms with Crippen LogP contribution in [0.2, 0.25) is 0 Å². The quantitative estimate of drug-likeness (QED) is 0.584. The van der Waals surface area contributed by atoms with Crippen LogP contribution in [0.4, 0.5) is 0 Å². The topological polar surface area (TPSA) is 77.0 Å². The Morgan fingerprint density at radius 3 is 2.36 bits per heavy atom. The molecule has 0 aromatic carbocycles. The lowest BCUT2D eigenvalue weighted by Gasteiger charge is -2.13. The fourth-order valence-electron chi connectivity index (χ4n) is 1.25. The van der Waals surface area contributed by atoms with Crippen molar-refractivity contribution < 1.29 is 19.1 Å². The number of nitrogens with one attached hydrogen (secondary N) is 1. The van der Waals surface area contributed by atoms with Crippen LogP contribution in [0.25, 0.3) is 0 Å². The number of carbonyl (C=O) groups is 2. The Morgan fingerprint density at radius 2 is 1.86 bits per heavy atom. The zero-order chi connectivity index (χ0) is 10.7. The Morgan fingerprint density at radius 1 is 1.29 bits per heavy atom. The highest BCUT2D eigenvalue weighted by Crippen LogP contribution is 2.10. The number of hydrogen-bond donors (Lipinski definition) is 1. The molecule has 1 N–H and O–H groups in total. The minimum absolute atomic E-state index is 0.524. The molecule has 6 heteroatoms. The van der Waals surface area contributed by atoms with Crippen molar-refractivity contribution in [1.29, 1.82) is 0 Å². The molecule has 0 fully saturated rings. The van der Waals surface area contributed by atoms with Crippen LogP contribution in [-0.4, -0.2) is 44.1 Å². The number of carbonyl (C=O) groups excluding carboxylic acids is 2. The summed E-state index contributed by atoms with van der Waals surface area (Å²) in [6.45, 7) is 1.67. The minimum atomic E-state index is -0.840. The van der Waals surface area contributed by atoms with Gasteiger partial charge in [0, 0.05) is 0 Å². The van der Waals surface area contributed by atoms with E-state index in [-0.39, 0.29) is 0 Å². The first-order chi connectivity index (χ1) is 6.60. The van der Waals surface area contributed by atoms with Crippen molar-refractivity contribution in [3.8, 4) is 0 Å². The van der Waals surface area contributed by atoms with Gasteiger partial charge >= 0.3 is 11.9 Å². The predicted octanol–water partition coefficient (Wildman–Crippen LogP) is -0.909. The van der Waals surface area contributed by atoms with Crippen LogP contribution in [0, 0.1) is 0 Å². The van der Waals surface area contributed by atoms with Crippen LogP contribution in [-0.2, 0) is 19.1 Å². The Balaban J connectivity index is 2.79. The molecule has 0 bridgehead atoms. The maximum atomic E-state index is 11.2.